The maximum atomic E-state index is 12.7. The zero-order valence-corrected chi connectivity index (χ0v) is 17.4. The summed E-state index contributed by atoms with van der Waals surface area (Å²) in [5.41, 5.74) is 2.03. The largest absolute Gasteiger partial charge is 0.465 e. The molecule has 0 bridgehead atoms. The van der Waals surface area contributed by atoms with E-state index in [-0.39, 0.29) is 28.2 Å². The van der Waals surface area contributed by atoms with Crippen LogP contribution in [0.15, 0.2) is 24.3 Å². The van der Waals surface area contributed by atoms with Crippen LogP contribution in [0.2, 0.25) is 0 Å². The first-order valence-corrected chi connectivity index (χ1v) is 10.8. The molecule has 1 aromatic carbocycles. The summed E-state index contributed by atoms with van der Waals surface area (Å²) in [6.45, 7) is 9.12. The van der Waals surface area contributed by atoms with Crippen LogP contribution in [0.3, 0.4) is 0 Å². The second-order valence-electron chi connectivity index (χ2n) is 10.8. The molecule has 1 heterocycles. The van der Waals surface area contributed by atoms with Crippen LogP contribution in [0.1, 0.15) is 71.3 Å². The Morgan fingerprint density at radius 1 is 1.07 bits per heavy atom. The van der Waals surface area contributed by atoms with Crippen LogP contribution in [-0.4, -0.2) is 23.0 Å². The molecule has 150 valence electrons. The molecule has 0 saturated heterocycles. The minimum absolute atomic E-state index is 0.0289. The van der Waals surface area contributed by atoms with E-state index in [1.807, 2.05) is 18.2 Å². The lowest BCUT2D eigenvalue weighted by Gasteiger charge is -2.61. The minimum atomic E-state index is -0.831. The van der Waals surface area contributed by atoms with Crippen molar-refractivity contribution in [2.45, 2.75) is 71.8 Å². The second-order valence-corrected chi connectivity index (χ2v) is 10.8. The van der Waals surface area contributed by atoms with Crippen molar-refractivity contribution in [2.75, 3.05) is 4.90 Å². The monoisotopic (exact) mass is 381 g/mol. The molecular formula is C24H31NO3. The van der Waals surface area contributed by atoms with Gasteiger partial charge in [-0.05, 0) is 60.0 Å². The number of nitrogens with zero attached hydrogens (tertiary/aromatic N) is 1. The quantitative estimate of drug-likeness (QED) is 0.648. The molecule has 28 heavy (non-hydrogen) atoms. The predicted molar refractivity (Wildman–Crippen MR) is 109 cm³/mol. The smallest absolute Gasteiger partial charge is 0.412 e. The highest BCUT2D eigenvalue weighted by Crippen LogP contribution is 2.73. The van der Waals surface area contributed by atoms with Gasteiger partial charge in [-0.3, -0.25) is 9.69 Å². The lowest BCUT2D eigenvalue weighted by molar-refractivity contribution is -0.156. The van der Waals surface area contributed by atoms with Crippen LogP contribution < -0.4 is 4.90 Å². The zero-order chi connectivity index (χ0) is 20.1. The number of fused-ring (bicyclic) bond motifs is 7. The zero-order valence-electron chi connectivity index (χ0n) is 17.4. The Morgan fingerprint density at radius 2 is 1.79 bits per heavy atom. The molecule has 5 rings (SSSR count). The van der Waals surface area contributed by atoms with Crippen molar-refractivity contribution in [1.29, 1.82) is 0 Å². The van der Waals surface area contributed by atoms with Gasteiger partial charge < -0.3 is 5.11 Å². The number of para-hydroxylation sites is 1. The van der Waals surface area contributed by atoms with Crippen molar-refractivity contribution in [3.63, 3.8) is 0 Å². The van der Waals surface area contributed by atoms with E-state index in [4.69, 9.17) is 0 Å². The number of carbonyl (C=O) groups excluding carboxylic acids is 1. The summed E-state index contributed by atoms with van der Waals surface area (Å²) in [4.78, 5) is 26.6. The van der Waals surface area contributed by atoms with Gasteiger partial charge in [-0.2, -0.15) is 0 Å². The van der Waals surface area contributed by atoms with Crippen molar-refractivity contribution in [3.8, 4) is 0 Å². The first-order valence-electron chi connectivity index (χ1n) is 10.8. The summed E-state index contributed by atoms with van der Waals surface area (Å²) in [6, 6.07) is 8.14. The topological polar surface area (TPSA) is 57.6 Å². The third-order valence-corrected chi connectivity index (χ3v) is 9.48. The maximum Gasteiger partial charge on any atom is 0.412 e. The number of anilines is 1. The number of ketones is 1. The molecule has 6 atom stereocenters. The SMILES string of the molecule is CC1(C)C(=O)CC[C@@]2(C)C1CC[C@]1(C)C3c4ccccc4N(C(=O)O)C3CC21. The van der Waals surface area contributed by atoms with Gasteiger partial charge in [0.2, 0.25) is 0 Å². The van der Waals surface area contributed by atoms with Crippen LogP contribution in [0, 0.1) is 28.1 Å². The molecule has 4 aliphatic rings. The molecule has 0 radical (unpaired) electrons. The van der Waals surface area contributed by atoms with E-state index in [0.717, 1.165) is 31.4 Å². The fourth-order valence-electron chi connectivity index (χ4n) is 8.33. The molecular weight excluding hydrogens is 350 g/mol. The van der Waals surface area contributed by atoms with Crippen LogP contribution in [0.4, 0.5) is 10.5 Å². The number of hydrogen-bond donors (Lipinski definition) is 1. The number of carbonyl (C=O) groups is 2. The normalized spacial score (nSPS) is 43.1. The van der Waals surface area contributed by atoms with E-state index in [1.54, 1.807) is 4.90 Å². The minimum Gasteiger partial charge on any atom is -0.465 e. The first-order chi connectivity index (χ1) is 13.1. The Labute approximate surface area is 167 Å². The van der Waals surface area contributed by atoms with Gasteiger partial charge in [0.15, 0.2) is 0 Å². The third kappa shape index (κ3) is 1.97. The average molecular weight is 382 g/mol. The Balaban J connectivity index is 1.62. The third-order valence-electron chi connectivity index (χ3n) is 9.48. The van der Waals surface area contributed by atoms with E-state index in [1.165, 1.54) is 5.56 Å². The number of Topliss-reactive ketones (excluding diaryl/α,β-unsaturated/α-hetero) is 1. The Morgan fingerprint density at radius 3 is 2.50 bits per heavy atom. The number of rotatable bonds is 0. The Bertz CT molecular complexity index is 876. The summed E-state index contributed by atoms with van der Waals surface area (Å²) in [6.07, 6.45) is 3.86. The molecule has 4 nitrogen and oxygen atoms in total. The van der Waals surface area contributed by atoms with Crippen LogP contribution in [-0.2, 0) is 4.79 Å². The molecule has 1 aromatic rings. The fourth-order valence-corrected chi connectivity index (χ4v) is 8.33. The summed E-state index contributed by atoms with van der Waals surface area (Å²) in [5, 5.41) is 10.0. The van der Waals surface area contributed by atoms with Crippen molar-refractivity contribution in [3.05, 3.63) is 29.8 Å². The highest BCUT2D eigenvalue weighted by Gasteiger charge is 2.68. The van der Waals surface area contributed by atoms with E-state index < -0.39 is 6.09 Å². The summed E-state index contributed by atoms with van der Waals surface area (Å²) >= 11 is 0. The van der Waals surface area contributed by atoms with Gasteiger partial charge in [-0.25, -0.2) is 4.79 Å². The first kappa shape index (κ1) is 18.2. The lowest BCUT2D eigenvalue weighted by atomic mass is 9.43. The number of carboxylic acid groups (broad SMARTS) is 1. The summed E-state index contributed by atoms with van der Waals surface area (Å²) < 4.78 is 0. The van der Waals surface area contributed by atoms with Crippen molar-refractivity contribution >= 4 is 17.6 Å². The van der Waals surface area contributed by atoms with Gasteiger partial charge in [0, 0.05) is 23.8 Å². The molecule has 0 spiro atoms. The van der Waals surface area contributed by atoms with Gasteiger partial charge in [0.05, 0.1) is 5.69 Å². The lowest BCUT2D eigenvalue weighted by Crippen LogP contribution is -2.56. The van der Waals surface area contributed by atoms with Crippen molar-refractivity contribution < 1.29 is 14.7 Å². The molecule has 0 aromatic heterocycles. The summed E-state index contributed by atoms with van der Waals surface area (Å²) in [5.74, 6) is 1.53. The number of amides is 1. The van der Waals surface area contributed by atoms with Gasteiger partial charge in [-0.15, -0.1) is 0 Å². The molecule has 1 aliphatic heterocycles. The second kappa shape index (κ2) is 5.40. The number of hydrogen-bond acceptors (Lipinski definition) is 2. The van der Waals surface area contributed by atoms with E-state index in [0.29, 0.717) is 24.0 Å². The molecule has 4 heteroatoms. The molecule has 3 aliphatic carbocycles. The van der Waals surface area contributed by atoms with Gasteiger partial charge >= 0.3 is 6.09 Å². The van der Waals surface area contributed by atoms with Gasteiger partial charge in [0.25, 0.3) is 0 Å². The standard InChI is InChI=1S/C24H31NO3/c1-22(2)17-9-11-24(4)18(23(17,3)12-10-19(22)26)13-16-20(24)14-7-5-6-8-15(14)25(16)21(27)28/h5-8,16-18,20H,9-13H2,1-4H3,(H,27,28)/t16?,17?,18?,20?,23-,24-/m0/s1. The van der Waals surface area contributed by atoms with E-state index in [2.05, 4.69) is 33.8 Å². The van der Waals surface area contributed by atoms with Crippen LogP contribution >= 0.6 is 0 Å². The molecule has 1 N–H and O–H groups in total. The molecule has 4 unspecified atom stereocenters. The van der Waals surface area contributed by atoms with Gasteiger partial charge in [0.1, 0.15) is 5.78 Å². The highest BCUT2D eigenvalue weighted by molar-refractivity contribution is 5.91. The number of benzene rings is 1. The van der Waals surface area contributed by atoms with E-state index in [9.17, 15) is 14.7 Å². The van der Waals surface area contributed by atoms with Crippen LogP contribution in [0.5, 0.6) is 0 Å². The fraction of sp³-hybridized carbons (Fsp3) is 0.667. The van der Waals surface area contributed by atoms with Crippen molar-refractivity contribution in [1.82, 2.24) is 0 Å². The van der Waals surface area contributed by atoms with E-state index >= 15 is 0 Å². The average Bonchev–Trinajstić information content (AvgIpc) is 3.12. The highest BCUT2D eigenvalue weighted by atomic mass is 16.4. The van der Waals surface area contributed by atoms with Crippen LogP contribution in [0.25, 0.3) is 0 Å². The van der Waals surface area contributed by atoms with Gasteiger partial charge in [-0.1, -0.05) is 45.9 Å². The predicted octanol–water partition coefficient (Wildman–Crippen LogP) is 5.47. The molecule has 3 fully saturated rings. The summed E-state index contributed by atoms with van der Waals surface area (Å²) in [7, 11) is 0. The molecule has 3 saturated carbocycles. The Kier molecular flexibility index (Phi) is 3.51. The Hall–Kier alpha value is -1.84. The molecule has 1 amide bonds. The van der Waals surface area contributed by atoms with Crippen molar-refractivity contribution in [2.24, 2.45) is 28.1 Å². The maximum absolute atomic E-state index is 12.7.